The molecule has 0 aliphatic carbocycles. The number of hydrogen-bond donors (Lipinski definition) is 2. The summed E-state index contributed by atoms with van der Waals surface area (Å²) in [6, 6.07) is 9.95. The van der Waals surface area contributed by atoms with Gasteiger partial charge >= 0.3 is 0 Å². The Kier molecular flexibility index (Phi) is 15.5. The lowest BCUT2D eigenvalue weighted by molar-refractivity contribution is 0.299. The van der Waals surface area contributed by atoms with E-state index < -0.39 is 0 Å². The number of rotatable bonds is 3. The molecule has 0 spiro atoms. The van der Waals surface area contributed by atoms with Gasteiger partial charge in [0, 0.05) is 6.61 Å². The Labute approximate surface area is 100 Å². The fraction of sp³-hybridized carbons (Fsp3) is 0.571. The molecule has 0 unspecified atom stereocenters. The predicted molar refractivity (Wildman–Crippen MR) is 72.5 cm³/mol. The summed E-state index contributed by atoms with van der Waals surface area (Å²) < 4.78 is 0. The van der Waals surface area contributed by atoms with E-state index in [4.69, 9.17) is 10.8 Å². The van der Waals surface area contributed by atoms with Crippen LogP contribution in [0, 0.1) is 5.92 Å². The molecule has 2 heteroatoms. The molecule has 0 saturated heterocycles. The minimum Gasteiger partial charge on any atom is -0.396 e. The summed E-state index contributed by atoms with van der Waals surface area (Å²) in [5, 5.41) is 8.52. The number of aliphatic hydroxyl groups excluding tert-OH is 1. The zero-order valence-electron chi connectivity index (χ0n) is 11.1. The van der Waals surface area contributed by atoms with Crippen LogP contribution in [0.5, 0.6) is 0 Å². The molecule has 0 amide bonds. The molecule has 0 heterocycles. The van der Waals surface area contributed by atoms with Crippen molar-refractivity contribution in [1.29, 1.82) is 0 Å². The Bertz CT molecular complexity index is 209. The summed E-state index contributed by atoms with van der Waals surface area (Å²) in [4.78, 5) is 0. The monoisotopic (exact) mass is 225 g/mol. The van der Waals surface area contributed by atoms with Gasteiger partial charge in [0.05, 0.1) is 0 Å². The molecule has 1 aromatic carbocycles. The van der Waals surface area contributed by atoms with Crippen LogP contribution in [-0.4, -0.2) is 18.3 Å². The van der Waals surface area contributed by atoms with Gasteiger partial charge in [-0.25, -0.2) is 0 Å². The molecule has 0 aromatic heterocycles. The first-order chi connectivity index (χ1) is 7.70. The molecule has 0 aliphatic rings. The largest absolute Gasteiger partial charge is 0.396 e. The van der Waals surface area contributed by atoms with E-state index in [-0.39, 0.29) is 6.61 Å². The highest BCUT2D eigenvalue weighted by atomic mass is 16.2. The highest BCUT2D eigenvalue weighted by Crippen LogP contribution is 1.97. The smallest absolute Gasteiger partial charge is 0.0471 e. The molecule has 0 bridgehead atoms. The molecule has 0 atom stereocenters. The first-order valence-corrected chi connectivity index (χ1v) is 6.05. The van der Waals surface area contributed by atoms with Crippen LogP contribution in [0.4, 0.5) is 0 Å². The average Bonchev–Trinajstić information content (AvgIpc) is 2.34. The van der Waals surface area contributed by atoms with Crippen LogP contribution in [0.1, 0.15) is 33.3 Å². The van der Waals surface area contributed by atoms with Crippen molar-refractivity contribution in [1.82, 2.24) is 0 Å². The predicted octanol–water partition coefficient (Wildman–Crippen LogP) is 2.85. The van der Waals surface area contributed by atoms with E-state index in [0.29, 0.717) is 5.92 Å². The topological polar surface area (TPSA) is 46.2 Å². The Morgan fingerprint density at radius 2 is 1.56 bits per heavy atom. The molecule has 2 nitrogen and oxygen atoms in total. The first-order valence-electron chi connectivity index (χ1n) is 6.05. The van der Waals surface area contributed by atoms with E-state index >= 15 is 0 Å². The number of nitrogens with two attached hydrogens (primary N) is 1. The van der Waals surface area contributed by atoms with Crippen molar-refractivity contribution in [2.24, 2.45) is 11.7 Å². The summed E-state index contributed by atoms with van der Waals surface area (Å²) >= 11 is 0. The maximum absolute atomic E-state index is 8.52. The lowest BCUT2D eigenvalue weighted by Gasteiger charge is -1.93. The molecule has 3 N–H and O–H groups in total. The Hall–Kier alpha value is -0.860. The van der Waals surface area contributed by atoms with Gasteiger partial charge in [0.15, 0.2) is 0 Å². The normalized spacial score (nSPS) is 8.69. The van der Waals surface area contributed by atoms with Crippen LogP contribution < -0.4 is 5.73 Å². The second kappa shape index (κ2) is 14.1. The molecule has 0 aliphatic heterocycles. The third-order valence-electron chi connectivity index (χ3n) is 1.71. The third kappa shape index (κ3) is 13.1. The van der Waals surface area contributed by atoms with Gasteiger partial charge in [-0.05, 0) is 24.4 Å². The van der Waals surface area contributed by atoms with Crippen LogP contribution in [-0.2, 0) is 6.42 Å². The zero-order chi connectivity index (χ0) is 12.8. The quantitative estimate of drug-likeness (QED) is 0.831. The van der Waals surface area contributed by atoms with Crippen LogP contribution >= 0.6 is 0 Å². The standard InChI is InChI=1S/C8H10O.C4H11N.C2H6/c9-7-6-8-4-2-1-3-5-8;1-4(2)3-5;1-2/h1-5,9H,6-7H2;4H,3,5H2,1-2H3;1-2H3. The summed E-state index contributed by atoms with van der Waals surface area (Å²) in [5.74, 6) is 0.662. The van der Waals surface area contributed by atoms with Gasteiger partial charge in [-0.3, -0.25) is 0 Å². The van der Waals surface area contributed by atoms with Crippen molar-refractivity contribution in [2.75, 3.05) is 13.2 Å². The van der Waals surface area contributed by atoms with E-state index in [1.807, 2.05) is 44.2 Å². The van der Waals surface area contributed by atoms with Crippen molar-refractivity contribution in [3.8, 4) is 0 Å². The summed E-state index contributed by atoms with van der Waals surface area (Å²) in [7, 11) is 0. The molecule has 1 rings (SSSR count). The van der Waals surface area contributed by atoms with Gasteiger partial charge in [-0.2, -0.15) is 0 Å². The van der Waals surface area contributed by atoms with Crippen molar-refractivity contribution < 1.29 is 5.11 Å². The van der Waals surface area contributed by atoms with Crippen LogP contribution in [0.15, 0.2) is 30.3 Å². The minimum atomic E-state index is 0.240. The number of hydrogen-bond acceptors (Lipinski definition) is 2. The molecule has 94 valence electrons. The van der Waals surface area contributed by atoms with Gasteiger partial charge in [0.1, 0.15) is 0 Å². The minimum absolute atomic E-state index is 0.240. The van der Waals surface area contributed by atoms with E-state index in [9.17, 15) is 0 Å². The van der Waals surface area contributed by atoms with Gasteiger partial charge in [-0.1, -0.05) is 58.0 Å². The highest BCUT2D eigenvalue weighted by molar-refractivity contribution is 5.14. The van der Waals surface area contributed by atoms with E-state index in [1.54, 1.807) is 0 Å². The molecule has 0 saturated carbocycles. The Morgan fingerprint density at radius 3 is 1.88 bits per heavy atom. The molecule has 1 aromatic rings. The maximum atomic E-state index is 8.52. The summed E-state index contributed by atoms with van der Waals surface area (Å²) in [5.41, 5.74) is 6.37. The van der Waals surface area contributed by atoms with Crippen LogP contribution in [0.25, 0.3) is 0 Å². The van der Waals surface area contributed by atoms with Crippen molar-refractivity contribution in [3.05, 3.63) is 35.9 Å². The van der Waals surface area contributed by atoms with Crippen molar-refractivity contribution in [2.45, 2.75) is 34.1 Å². The second-order valence-electron chi connectivity index (χ2n) is 3.59. The van der Waals surface area contributed by atoms with Gasteiger partial charge < -0.3 is 10.8 Å². The molecule has 0 fully saturated rings. The fourth-order valence-electron chi connectivity index (χ4n) is 0.774. The molecular weight excluding hydrogens is 198 g/mol. The van der Waals surface area contributed by atoms with Crippen molar-refractivity contribution >= 4 is 0 Å². The first kappa shape index (κ1) is 17.5. The number of benzene rings is 1. The Morgan fingerprint density at radius 1 is 1.12 bits per heavy atom. The van der Waals surface area contributed by atoms with Crippen LogP contribution in [0.3, 0.4) is 0 Å². The molecule has 16 heavy (non-hydrogen) atoms. The van der Waals surface area contributed by atoms with Gasteiger partial charge in [-0.15, -0.1) is 0 Å². The third-order valence-corrected chi connectivity index (χ3v) is 1.71. The molecular formula is C14H27NO. The van der Waals surface area contributed by atoms with Gasteiger partial charge in [0.2, 0.25) is 0 Å². The lowest BCUT2D eigenvalue weighted by Crippen LogP contribution is -2.05. The second-order valence-corrected chi connectivity index (χ2v) is 3.59. The lowest BCUT2D eigenvalue weighted by atomic mass is 10.2. The van der Waals surface area contributed by atoms with E-state index in [2.05, 4.69) is 13.8 Å². The highest BCUT2D eigenvalue weighted by Gasteiger charge is 1.85. The zero-order valence-corrected chi connectivity index (χ0v) is 11.1. The molecule has 0 radical (unpaired) electrons. The summed E-state index contributed by atoms with van der Waals surface area (Å²) in [6.07, 6.45) is 0.765. The summed E-state index contributed by atoms with van der Waals surface area (Å²) in [6.45, 7) is 9.24. The van der Waals surface area contributed by atoms with E-state index in [1.165, 1.54) is 5.56 Å². The average molecular weight is 225 g/mol. The Balaban J connectivity index is 0. The SMILES string of the molecule is CC.CC(C)CN.OCCc1ccccc1. The van der Waals surface area contributed by atoms with E-state index in [0.717, 1.165) is 13.0 Å². The number of aliphatic hydroxyl groups is 1. The maximum Gasteiger partial charge on any atom is 0.0471 e. The van der Waals surface area contributed by atoms with Crippen molar-refractivity contribution in [3.63, 3.8) is 0 Å². The van der Waals surface area contributed by atoms with Crippen LogP contribution in [0.2, 0.25) is 0 Å². The fourth-order valence-corrected chi connectivity index (χ4v) is 0.774. The van der Waals surface area contributed by atoms with Gasteiger partial charge in [0.25, 0.3) is 0 Å².